The lowest BCUT2D eigenvalue weighted by Crippen LogP contribution is -2.35. The second-order valence-corrected chi connectivity index (χ2v) is 7.32. The molecule has 1 fully saturated rings. The number of pyridine rings is 1. The highest BCUT2D eigenvalue weighted by molar-refractivity contribution is 7.10. The standard InChI is InChI=1S/C18H23N3OS/c1-20-9-7-15(18(20)14-5-3-8-19-12-14)13-21(2)17(22)11-16-6-4-10-23-16/h3-6,8,10,12,15,18H,7,9,11,13H2,1-2H3/t15-,18-/m0/s1. The number of carbonyl (C=O) groups excluding carboxylic acids is 1. The predicted molar refractivity (Wildman–Crippen MR) is 93.4 cm³/mol. The molecular weight excluding hydrogens is 306 g/mol. The Labute approximate surface area is 141 Å². The Morgan fingerprint density at radius 1 is 1.43 bits per heavy atom. The fourth-order valence-corrected chi connectivity index (χ4v) is 4.14. The van der Waals surface area contributed by atoms with Gasteiger partial charge in [0.2, 0.25) is 5.91 Å². The van der Waals surface area contributed by atoms with E-state index < -0.39 is 0 Å². The molecule has 1 amide bonds. The second kappa shape index (κ2) is 7.23. The summed E-state index contributed by atoms with van der Waals surface area (Å²) in [5.41, 5.74) is 1.25. The Morgan fingerprint density at radius 3 is 3.00 bits per heavy atom. The molecule has 4 nitrogen and oxygen atoms in total. The van der Waals surface area contributed by atoms with E-state index in [1.54, 1.807) is 11.3 Å². The maximum atomic E-state index is 12.4. The van der Waals surface area contributed by atoms with E-state index in [2.05, 4.69) is 23.0 Å². The molecule has 0 N–H and O–H groups in total. The van der Waals surface area contributed by atoms with E-state index in [9.17, 15) is 4.79 Å². The fraction of sp³-hybridized carbons (Fsp3) is 0.444. The number of hydrogen-bond acceptors (Lipinski definition) is 4. The molecule has 1 aliphatic rings. The lowest BCUT2D eigenvalue weighted by molar-refractivity contribution is -0.129. The lowest BCUT2D eigenvalue weighted by Gasteiger charge is -2.28. The Morgan fingerprint density at radius 2 is 2.30 bits per heavy atom. The van der Waals surface area contributed by atoms with E-state index >= 15 is 0 Å². The summed E-state index contributed by atoms with van der Waals surface area (Å²) in [6.07, 6.45) is 5.39. The van der Waals surface area contributed by atoms with Crippen molar-refractivity contribution in [2.75, 3.05) is 27.2 Å². The Kier molecular flexibility index (Phi) is 5.08. The Bertz CT molecular complexity index is 629. The van der Waals surface area contributed by atoms with E-state index in [0.29, 0.717) is 18.4 Å². The van der Waals surface area contributed by atoms with Crippen molar-refractivity contribution in [1.82, 2.24) is 14.8 Å². The molecule has 2 aromatic rings. The number of thiophene rings is 1. The molecule has 0 radical (unpaired) electrons. The number of nitrogens with zero attached hydrogens (tertiary/aromatic N) is 3. The molecule has 122 valence electrons. The zero-order chi connectivity index (χ0) is 16.2. The number of likely N-dealkylation sites (tertiary alicyclic amines) is 1. The van der Waals surface area contributed by atoms with Crippen LogP contribution >= 0.6 is 11.3 Å². The maximum absolute atomic E-state index is 12.4. The van der Waals surface area contributed by atoms with Crippen LogP contribution in [-0.2, 0) is 11.2 Å². The van der Waals surface area contributed by atoms with Gasteiger partial charge in [-0.1, -0.05) is 12.1 Å². The zero-order valence-electron chi connectivity index (χ0n) is 13.7. The summed E-state index contributed by atoms with van der Waals surface area (Å²) in [4.78, 5) is 22.1. The fourth-order valence-electron chi connectivity index (χ4n) is 3.45. The van der Waals surface area contributed by atoms with Crippen LogP contribution in [0, 0.1) is 5.92 Å². The van der Waals surface area contributed by atoms with Crippen LogP contribution in [0.15, 0.2) is 42.0 Å². The molecule has 0 aromatic carbocycles. The van der Waals surface area contributed by atoms with E-state index in [1.165, 1.54) is 5.56 Å². The van der Waals surface area contributed by atoms with Gasteiger partial charge in [0.05, 0.1) is 6.42 Å². The van der Waals surface area contributed by atoms with Gasteiger partial charge < -0.3 is 4.90 Å². The van der Waals surface area contributed by atoms with Crippen LogP contribution in [0.4, 0.5) is 0 Å². The summed E-state index contributed by atoms with van der Waals surface area (Å²) in [7, 11) is 4.08. The number of aromatic nitrogens is 1. The van der Waals surface area contributed by atoms with Crippen molar-refractivity contribution in [2.24, 2.45) is 5.92 Å². The number of rotatable bonds is 5. The summed E-state index contributed by atoms with van der Waals surface area (Å²) in [5.74, 6) is 0.661. The molecular formula is C18H23N3OS. The van der Waals surface area contributed by atoms with Gasteiger partial charge in [-0.15, -0.1) is 11.3 Å². The molecule has 5 heteroatoms. The molecule has 0 aliphatic carbocycles. The van der Waals surface area contributed by atoms with Crippen molar-refractivity contribution in [3.05, 3.63) is 52.5 Å². The molecule has 1 aliphatic heterocycles. The van der Waals surface area contributed by atoms with Crippen LogP contribution in [0.1, 0.15) is 22.9 Å². The lowest BCUT2D eigenvalue weighted by atomic mass is 9.94. The van der Waals surface area contributed by atoms with Gasteiger partial charge in [-0.05, 0) is 49.0 Å². The average molecular weight is 329 g/mol. The number of carbonyl (C=O) groups is 1. The minimum Gasteiger partial charge on any atom is -0.345 e. The molecule has 2 atom stereocenters. The normalized spacial score (nSPS) is 21.5. The first kappa shape index (κ1) is 16.1. The third-order valence-electron chi connectivity index (χ3n) is 4.64. The van der Waals surface area contributed by atoms with Gasteiger partial charge in [0.1, 0.15) is 0 Å². The topological polar surface area (TPSA) is 36.4 Å². The molecule has 0 unspecified atom stereocenters. The summed E-state index contributed by atoms with van der Waals surface area (Å²) >= 11 is 1.65. The molecule has 2 aromatic heterocycles. The van der Waals surface area contributed by atoms with Gasteiger partial charge >= 0.3 is 0 Å². The van der Waals surface area contributed by atoms with Crippen molar-refractivity contribution >= 4 is 17.2 Å². The quantitative estimate of drug-likeness (QED) is 0.846. The van der Waals surface area contributed by atoms with Crippen molar-refractivity contribution in [1.29, 1.82) is 0 Å². The van der Waals surface area contributed by atoms with Gasteiger partial charge in [-0.2, -0.15) is 0 Å². The van der Waals surface area contributed by atoms with Crippen molar-refractivity contribution in [3.8, 4) is 0 Å². The highest BCUT2D eigenvalue weighted by Crippen LogP contribution is 2.36. The molecule has 0 bridgehead atoms. The minimum absolute atomic E-state index is 0.201. The Balaban J connectivity index is 1.65. The van der Waals surface area contributed by atoms with E-state index in [1.807, 2.05) is 47.9 Å². The highest BCUT2D eigenvalue weighted by Gasteiger charge is 2.34. The SMILES string of the molecule is CN(C[C@@H]1CCN(C)[C@H]1c1cccnc1)C(=O)Cc1cccs1. The zero-order valence-corrected chi connectivity index (χ0v) is 14.5. The third-order valence-corrected chi connectivity index (χ3v) is 5.52. The highest BCUT2D eigenvalue weighted by atomic mass is 32.1. The summed E-state index contributed by atoms with van der Waals surface area (Å²) < 4.78 is 0. The van der Waals surface area contributed by atoms with Gasteiger partial charge in [0.15, 0.2) is 0 Å². The van der Waals surface area contributed by atoms with Gasteiger partial charge in [0.25, 0.3) is 0 Å². The van der Waals surface area contributed by atoms with Gasteiger partial charge in [-0.25, -0.2) is 0 Å². The Hall–Kier alpha value is -1.72. The first-order valence-electron chi connectivity index (χ1n) is 8.01. The molecule has 3 heterocycles. The summed E-state index contributed by atoms with van der Waals surface area (Å²) in [6.45, 7) is 1.87. The number of likely N-dealkylation sites (N-methyl/N-ethyl adjacent to an activating group) is 1. The minimum atomic E-state index is 0.201. The molecule has 1 saturated heterocycles. The van der Waals surface area contributed by atoms with Crippen molar-refractivity contribution < 1.29 is 4.79 Å². The monoisotopic (exact) mass is 329 g/mol. The van der Waals surface area contributed by atoms with Gasteiger partial charge in [0, 0.05) is 36.9 Å². The smallest absolute Gasteiger partial charge is 0.227 e. The average Bonchev–Trinajstić information content (AvgIpc) is 3.18. The second-order valence-electron chi connectivity index (χ2n) is 6.29. The largest absolute Gasteiger partial charge is 0.345 e. The summed E-state index contributed by atoms with van der Waals surface area (Å²) in [6, 6.07) is 8.50. The van der Waals surface area contributed by atoms with Crippen LogP contribution in [-0.4, -0.2) is 47.9 Å². The van der Waals surface area contributed by atoms with Crippen LogP contribution in [0.25, 0.3) is 0 Å². The van der Waals surface area contributed by atoms with Crippen LogP contribution in [0.3, 0.4) is 0 Å². The van der Waals surface area contributed by atoms with Crippen molar-refractivity contribution in [3.63, 3.8) is 0 Å². The third kappa shape index (κ3) is 3.79. The van der Waals surface area contributed by atoms with Crippen LogP contribution in [0.2, 0.25) is 0 Å². The maximum Gasteiger partial charge on any atom is 0.227 e. The number of hydrogen-bond donors (Lipinski definition) is 0. The summed E-state index contributed by atoms with van der Waals surface area (Å²) in [5, 5.41) is 2.02. The molecule has 3 rings (SSSR count). The molecule has 0 spiro atoms. The van der Waals surface area contributed by atoms with Crippen LogP contribution in [0.5, 0.6) is 0 Å². The van der Waals surface area contributed by atoms with Crippen molar-refractivity contribution in [2.45, 2.75) is 18.9 Å². The molecule has 23 heavy (non-hydrogen) atoms. The first-order chi connectivity index (χ1) is 11.1. The van der Waals surface area contributed by atoms with Crippen LogP contribution < -0.4 is 0 Å². The number of amides is 1. The van der Waals surface area contributed by atoms with Gasteiger partial charge in [-0.3, -0.25) is 14.7 Å². The first-order valence-corrected chi connectivity index (χ1v) is 8.89. The predicted octanol–water partition coefficient (Wildman–Crippen LogP) is 2.84. The van der Waals surface area contributed by atoms with E-state index in [-0.39, 0.29) is 5.91 Å². The van der Waals surface area contributed by atoms with E-state index in [4.69, 9.17) is 0 Å². The van der Waals surface area contributed by atoms with E-state index in [0.717, 1.165) is 24.4 Å². The molecule has 0 saturated carbocycles.